The quantitative estimate of drug-likeness (QED) is 0.708. The highest BCUT2D eigenvalue weighted by molar-refractivity contribution is 6.32. The second-order valence-electron chi connectivity index (χ2n) is 6.78. The predicted molar refractivity (Wildman–Crippen MR) is 104 cm³/mol. The van der Waals surface area contributed by atoms with Gasteiger partial charge in [0, 0.05) is 37.3 Å². The molecule has 2 heterocycles. The standard InChI is InChI=1S/C19H24ClN3O5/c1-4-28-19(26)22-7-5-21(6-8-22)15-11-17(24)23(18(15)25)14-9-12(2)13(20)10-16(14)27-3/h9-10,15H,4-8,11H2,1-3H3/t15-/m1/s1. The number of piperazine rings is 1. The summed E-state index contributed by atoms with van der Waals surface area (Å²) in [7, 11) is 1.47. The molecular formula is C19H24ClN3O5. The summed E-state index contributed by atoms with van der Waals surface area (Å²) in [5.41, 5.74) is 1.16. The van der Waals surface area contributed by atoms with E-state index in [-0.39, 0.29) is 24.3 Å². The molecule has 1 aromatic carbocycles. The summed E-state index contributed by atoms with van der Waals surface area (Å²) in [4.78, 5) is 42.3. The van der Waals surface area contributed by atoms with E-state index in [4.69, 9.17) is 21.1 Å². The van der Waals surface area contributed by atoms with Gasteiger partial charge in [-0.2, -0.15) is 0 Å². The fraction of sp³-hybridized carbons (Fsp3) is 0.526. The average molecular weight is 410 g/mol. The number of halogens is 1. The van der Waals surface area contributed by atoms with Crippen LogP contribution in [0.4, 0.5) is 10.5 Å². The van der Waals surface area contributed by atoms with Gasteiger partial charge >= 0.3 is 6.09 Å². The van der Waals surface area contributed by atoms with Crippen LogP contribution in [0.3, 0.4) is 0 Å². The van der Waals surface area contributed by atoms with Gasteiger partial charge in [0.1, 0.15) is 5.75 Å². The van der Waals surface area contributed by atoms with E-state index in [0.717, 1.165) is 5.56 Å². The fourth-order valence-corrected chi connectivity index (χ4v) is 3.73. The van der Waals surface area contributed by atoms with E-state index >= 15 is 0 Å². The highest BCUT2D eigenvalue weighted by atomic mass is 35.5. The normalized spacial score (nSPS) is 20.6. The lowest BCUT2D eigenvalue weighted by Gasteiger charge is -2.36. The average Bonchev–Trinajstić information content (AvgIpc) is 2.98. The molecule has 0 saturated carbocycles. The van der Waals surface area contributed by atoms with Gasteiger partial charge in [-0.3, -0.25) is 14.5 Å². The Labute approximate surface area is 168 Å². The first-order chi connectivity index (χ1) is 13.4. The van der Waals surface area contributed by atoms with Crippen molar-refractivity contribution in [3.63, 3.8) is 0 Å². The minimum absolute atomic E-state index is 0.100. The summed E-state index contributed by atoms with van der Waals surface area (Å²) in [6, 6.07) is 2.76. The number of amides is 3. The second kappa shape index (κ2) is 8.36. The Hall–Kier alpha value is -2.32. The van der Waals surface area contributed by atoms with Gasteiger partial charge in [-0.15, -0.1) is 0 Å². The van der Waals surface area contributed by atoms with Gasteiger partial charge in [0.2, 0.25) is 5.91 Å². The molecule has 3 rings (SSSR count). The van der Waals surface area contributed by atoms with E-state index < -0.39 is 6.04 Å². The number of benzene rings is 1. The molecular weight excluding hydrogens is 386 g/mol. The number of ether oxygens (including phenoxy) is 2. The molecule has 1 aromatic rings. The lowest BCUT2D eigenvalue weighted by molar-refractivity contribution is -0.123. The molecule has 0 bridgehead atoms. The molecule has 28 heavy (non-hydrogen) atoms. The first-order valence-corrected chi connectivity index (χ1v) is 9.61. The second-order valence-corrected chi connectivity index (χ2v) is 7.19. The van der Waals surface area contributed by atoms with Crippen LogP contribution in [0.5, 0.6) is 5.75 Å². The van der Waals surface area contributed by atoms with Gasteiger partial charge in [-0.05, 0) is 25.5 Å². The minimum Gasteiger partial charge on any atom is -0.495 e. The van der Waals surface area contributed by atoms with Crippen molar-refractivity contribution in [1.82, 2.24) is 9.80 Å². The third-order valence-corrected chi connectivity index (χ3v) is 5.51. The SMILES string of the molecule is CCOC(=O)N1CCN([C@@H]2CC(=O)N(c3cc(C)c(Cl)cc3OC)C2=O)CC1. The summed E-state index contributed by atoms with van der Waals surface area (Å²) in [5.74, 6) is -0.178. The highest BCUT2D eigenvalue weighted by Gasteiger charge is 2.44. The molecule has 2 fully saturated rings. The van der Waals surface area contributed by atoms with Gasteiger partial charge in [-0.25, -0.2) is 9.69 Å². The molecule has 9 heteroatoms. The molecule has 2 saturated heterocycles. The van der Waals surface area contributed by atoms with E-state index in [1.807, 2.05) is 11.8 Å². The van der Waals surface area contributed by atoms with Crippen molar-refractivity contribution in [1.29, 1.82) is 0 Å². The van der Waals surface area contributed by atoms with E-state index in [9.17, 15) is 14.4 Å². The molecule has 0 aliphatic carbocycles. The monoisotopic (exact) mass is 409 g/mol. The number of aryl methyl sites for hydroxylation is 1. The van der Waals surface area contributed by atoms with Crippen molar-refractivity contribution < 1.29 is 23.9 Å². The first kappa shape index (κ1) is 20.4. The Morgan fingerprint density at radius 3 is 2.50 bits per heavy atom. The van der Waals surface area contributed by atoms with Gasteiger partial charge < -0.3 is 14.4 Å². The lowest BCUT2D eigenvalue weighted by Crippen LogP contribution is -2.54. The molecule has 2 aliphatic heterocycles. The summed E-state index contributed by atoms with van der Waals surface area (Å²) in [6.45, 7) is 5.83. The van der Waals surface area contributed by atoms with Crippen LogP contribution in [0, 0.1) is 6.92 Å². The number of rotatable bonds is 4. The highest BCUT2D eigenvalue weighted by Crippen LogP contribution is 2.37. The largest absolute Gasteiger partial charge is 0.495 e. The number of anilines is 1. The predicted octanol–water partition coefficient (Wildman–Crippen LogP) is 2.06. The van der Waals surface area contributed by atoms with Gasteiger partial charge in [-0.1, -0.05) is 11.6 Å². The van der Waals surface area contributed by atoms with Crippen LogP contribution in [0.25, 0.3) is 0 Å². The number of nitrogens with zero attached hydrogens (tertiary/aromatic N) is 3. The zero-order chi connectivity index (χ0) is 20.4. The Morgan fingerprint density at radius 1 is 1.21 bits per heavy atom. The fourth-order valence-electron chi connectivity index (χ4n) is 3.57. The number of methoxy groups -OCH3 is 1. The maximum Gasteiger partial charge on any atom is 0.409 e. The van der Waals surface area contributed by atoms with E-state index in [1.54, 1.807) is 24.0 Å². The summed E-state index contributed by atoms with van der Waals surface area (Å²) < 4.78 is 10.3. The third kappa shape index (κ3) is 3.79. The molecule has 0 aromatic heterocycles. The van der Waals surface area contributed by atoms with E-state index in [1.165, 1.54) is 12.0 Å². The topological polar surface area (TPSA) is 79.4 Å². The Bertz CT molecular complexity index is 792. The van der Waals surface area contributed by atoms with Crippen molar-refractivity contribution in [3.8, 4) is 5.75 Å². The molecule has 1 atom stereocenters. The number of hydrogen-bond acceptors (Lipinski definition) is 6. The lowest BCUT2D eigenvalue weighted by atomic mass is 10.1. The summed E-state index contributed by atoms with van der Waals surface area (Å²) >= 11 is 6.14. The molecule has 3 amide bonds. The van der Waals surface area contributed by atoms with Crippen LogP contribution in [0.2, 0.25) is 5.02 Å². The minimum atomic E-state index is -0.544. The van der Waals surface area contributed by atoms with E-state index in [0.29, 0.717) is 49.2 Å². The Kier molecular flexibility index (Phi) is 6.10. The van der Waals surface area contributed by atoms with Crippen LogP contribution in [-0.4, -0.2) is 73.6 Å². The van der Waals surface area contributed by atoms with Crippen molar-refractivity contribution in [2.45, 2.75) is 26.3 Å². The van der Waals surface area contributed by atoms with Crippen LogP contribution < -0.4 is 9.64 Å². The van der Waals surface area contributed by atoms with Crippen molar-refractivity contribution >= 4 is 35.2 Å². The van der Waals surface area contributed by atoms with Gasteiger partial charge in [0.05, 0.1) is 31.9 Å². The van der Waals surface area contributed by atoms with Crippen LogP contribution >= 0.6 is 11.6 Å². The van der Waals surface area contributed by atoms with E-state index in [2.05, 4.69) is 0 Å². The summed E-state index contributed by atoms with van der Waals surface area (Å²) in [5, 5.41) is 0.506. The first-order valence-electron chi connectivity index (χ1n) is 9.24. The summed E-state index contributed by atoms with van der Waals surface area (Å²) in [6.07, 6.45) is -0.248. The van der Waals surface area contributed by atoms with Gasteiger partial charge in [0.15, 0.2) is 0 Å². The maximum absolute atomic E-state index is 13.1. The van der Waals surface area contributed by atoms with Crippen LogP contribution in [0.1, 0.15) is 18.9 Å². The molecule has 152 valence electrons. The molecule has 0 N–H and O–H groups in total. The number of carbonyl (C=O) groups is 3. The molecule has 0 radical (unpaired) electrons. The maximum atomic E-state index is 13.1. The number of carbonyl (C=O) groups excluding carboxylic acids is 3. The van der Waals surface area contributed by atoms with Crippen molar-refractivity contribution in [2.75, 3.05) is 44.8 Å². The van der Waals surface area contributed by atoms with Crippen molar-refractivity contribution in [2.24, 2.45) is 0 Å². The van der Waals surface area contributed by atoms with Gasteiger partial charge in [0.25, 0.3) is 5.91 Å². The molecule has 0 spiro atoms. The Morgan fingerprint density at radius 2 is 1.89 bits per heavy atom. The van der Waals surface area contributed by atoms with Crippen LogP contribution in [0.15, 0.2) is 12.1 Å². The van der Waals surface area contributed by atoms with Crippen LogP contribution in [-0.2, 0) is 14.3 Å². The third-order valence-electron chi connectivity index (χ3n) is 5.10. The molecule has 8 nitrogen and oxygen atoms in total. The molecule has 2 aliphatic rings. The zero-order valence-electron chi connectivity index (χ0n) is 16.2. The zero-order valence-corrected chi connectivity index (χ0v) is 17.0. The van der Waals surface area contributed by atoms with Crippen molar-refractivity contribution in [3.05, 3.63) is 22.7 Å². The smallest absolute Gasteiger partial charge is 0.409 e. The number of imide groups is 1. The Balaban J connectivity index is 1.75. The molecule has 0 unspecified atom stereocenters. The number of hydrogen-bond donors (Lipinski definition) is 0.